The smallest absolute Gasteiger partial charge is 0.371 e. The Kier molecular flexibility index (Phi) is 6.06. The number of nitro benzene ring substituents is 2. The summed E-state index contributed by atoms with van der Waals surface area (Å²) in [5.41, 5.74) is -2.91. The SMILES string of the molecule is CCOC(=O)/C(C#N)=N/OS(=O)(=O)c1ccc([N+](=O)[O-])cc1[N+](=O)[O-]. The van der Waals surface area contributed by atoms with E-state index in [2.05, 4.69) is 14.2 Å². The molecule has 0 atom stereocenters. The van der Waals surface area contributed by atoms with Crippen molar-refractivity contribution in [2.75, 3.05) is 6.61 Å². The molecule has 0 aliphatic heterocycles. The van der Waals surface area contributed by atoms with Crippen molar-refractivity contribution in [3.63, 3.8) is 0 Å². The molecule has 132 valence electrons. The van der Waals surface area contributed by atoms with E-state index in [-0.39, 0.29) is 6.61 Å². The summed E-state index contributed by atoms with van der Waals surface area (Å²) >= 11 is 0. The number of hydrogen-bond donors (Lipinski definition) is 0. The first-order valence-corrected chi connectivity index (χ1v) is 7.56. The van der Waals surface area contributed by atoms with Crippen LogP contribution in [0, 0.1) is 31.6 Å². The molecule has 0 heterocycles. The lowest BCUT2D eigenvalue weighted by molar-refractivity contribution is -0.396. The average molecular weight is 372 g/mol. The summed E-state index contributed by atoms with van der Waals surface area (Å²) in [7, 11) is -4.94. The second-order valence-electron chi connectivity index (χ2n) is 3.97. The summed E-state index contributed by atoms with van der Waals surface area (Å²) in [6.07, 6.45) is 0. The first-order valence-electron chi connectivity index (χ1n) is 6.15. The lowest BCUT2D eigenvalue weighted by Gasteiger charge is -2.03. The number of rotatable bonds is 7. The normalized spacial score (nSPS) is 11.3. The molecule has 14 heteroatoms. The minimum atomic E-state index is -4.94. The highest BCUT2D eigenvalue weighted by molar-refractivity contribution is 7.86. The number of benzene rings is 1. The molecule has 0 aliphatic carbocycles. The Labute approximate surface area is 139 Å². The van der Waals surface area contributed by atoms with Crippen LogP contribution in [0.5, 0.6) is 0 Å². The maximum absolute atomic E-state index is 12.0. The van der Waals surface area contributed by atoms with Gasteiger partial charge < -0.3 is 4.74 Å². The quantitative estimate of drug-likeness (QED) is 0.284. The van der Waals surface area contributed by atoms with Gasteiger partial charge in [-0.05, 0) is 18.1 Å². The highest BCUT2D eigenvalue weighted by Crippen LogP contribution is 2.29. The maximum Gasteiger partial charge on any atom is 0.371 e. The fourth-order valence-corrected chi connectivity index (χ4v) is 2.28. The van der Waals surface area contributed by atoms with Crippen LogP contribution < -0.4 is 0 Å². The van der Waals surface area contributed by atoms with E-state index in [1.54, 1.807) is 0 Å². The van der Waals surface area contributed by atoms with Crippen molar-refractivity contribution in [1.29, 1.82) is 5.26 Å². The van der Waals surface area contributed by atoms with Crippen molar-refractivity contribution in [2.45, 2.75) is 11.8 Å². The van der Waals surface area contributed by atoms with Crippen LogP contribution in [0.4, 0.5) is 11.4 Å². The van der Waals surface area contributed by atoms with Gasteiger partial charge in [-0.15, -0.1) is 0 Å². The molecule has 0 aliphatic rings. The van der Waals surface area contributed by atoms with Crippen LogP contribution in [0.3, 0.4) is 0 Å². The Morgan fingerprint density at radius 1 is 1.32 bits per heavy atom. The summed E-state index contributed by atoms with van der Waals surface area (Å²) in [5, 5.41) is 33.0. The van der Waals surface area contributed by atoms with Gasteiger partial charge in [0.1, 0.15) is 6.07 Å². The summed E-state index contributed by atoms with van der Waals surface area (Å²) in [6, 6.07) is 2.91. The van der Waals surface area contributed by atoms with Crippen molar-refractivity contribution >= 4 is 33.2 Å². The highest BCUT2D eigenvalue weighted by Gasteiger charge is 2.30. The molecule has 0 saturated carbocycles. The van der Waals surface area contributed by atoms with Gasteiger partial charge in [0.2, 0.25) is 0 Å². The molecule has 0 unspecified atom stereocenters. The molecule has 25 heavy (non-hydrogen) atoms. The highest BCUT2D eigenvalue weighted by atomic mass is 32.2. The average Bonchev–Trinajstić information content (AvgIpc) is 2.54. The maximum atomic E-state index is 12.0. The number of oxime groups is 1. The van der Waals surface area contributed by atoms with Crippen molar-refractivity contribution < 1.29 is 32.1 Å². The standard InChI is InChI=1S/C11H8N4O9S/c1-2-23-11(16)8(6-12)13-24-25(21,22)10-4-3-7(14(17)18)5-9(10)15(19)20/h3-5H,2H2,1H3/b13-8+. The molecule has 0 radical (unpaired) electrons. The number of nitriles is 1. The van der Waals surface area contributed by atoms with E-state index in [0.29, 0.717) is 18.2 Å². The van der Waals surface area contributed by atoms with E-state index in [1.165, 1.54) is 13.0 Å². The zero-order valence-electron chi connectivity index (χ0n) is 12.3. The number of esters is 1. The van der Waals surface area contributed by atoms with E-state index < -0.39 is 47.9 Å². The van der Waals surface area contributed by atoms with Gasteiger partial charge in [0.25, 0.3) is 17.1 Å². The Balaban J connectivity index is 3.31. The van der Waals surface area contributed by atoms with Gasteiger partial charge in [-0.25, -0.2) is 4.79 Å². The number of nitro groups is 2. The molecular weight excluding hydrogens is 364 g/mol. The number of carbonyl (C=O) groups excluding carboxylic acids is 1. The molecule has 0 fully saturated rings. The van der Waals surface area contributed by atoms with Crippen LogP contribution in [0.1, 0.15) is 6.92 Å². The molecule has 13 nitrogen and oxygen atoms in total. The Hall–Kier alpha value is -3.60. The van der Waals surface area contributed by atoms with Gasteiger partial charge in [-0.3, -0.25) is 24.5 Å². The molecule has 0 saturated heterocycles. The predicted molar refractivity (Wildman–Crippen MR) is 77.7 cm³/mol. The zero-order valence-corrected chi connectivity index (χ0v) is 13.1. The van der Waals surface area contributed by atoms with Gasteiger partial charge in [-0.2, -0.15) is 13.7 Å². The lowest BCUT2D eigenvalue weighted by atomic mass is 10.3. The monoisotopic (exact) mass is 372 g/mol. The molecular formula is C11H8N4O9S. The Morgan fingerprint density at radius 2 is 1.96 bits per heavy atom. The fraction of sp³-hybridized carbons (Fsp3) is 0.182. The van der Waals surface area contributed by atoms with Gasteiger partial charge in [0.05, 0.1) is 22.5 Å². The first kappa shape index (κ1) is 19.4. The molecule has 1 rings (SSSR count). The number of hydrogen-bond acceptors (Lipinski definition) is 11. The molecule has 0 amide bonds. The summed E-state index contributed by atoms with van der Waals surface area (Å²) in [6.45, 7) is 1.30. The van der Waals surface area contributed by atoms with Gasteiger partial charge in [-0.1, -0.05) is 0 Å². The molecule has 0 bridgehead atoms. The van der Waals surface area contributed by atoms with E-state index in [1.807, 2.05) is 0 Å². The summed E-state index contributed by atoms with van der Waals surface area (Å²) < 4.78 is 32.5. The minimum Gasteiger partial charge on any atom is -0.461 e. The number of carbonyl (C=O) groups is 1. The Bertz CT molecular complexity index is 901. The van der Waals surface area contributed by atoms with Crippen LogP contribution in [-0.4, -0.2) is 36.6 Å². The van der Waals surface area contributed by atoms with Gasteiger partial charge >= 0.3 is 16.1 Å². The van der Waals surface area contributed by atoms with Crippen LogP contribution >= 0.6 is 0 Å². The third-order valence-corrected chi connectivity index (χ3v) is 3.58. The van der Waals surface area contributed by atoms with Gasteiger partial charge in [0.15, 0.2) is 4.90 Å². The van der Waals surface area contributed by atoms with Crippen LogP contribution in [-0.2, 0) is 23.9 Å². The number of non-ortho nitro benzene ring substituents is 1. The fourth-order valence-electron chi connectivity index (χ4n) is 1.40. The molecule has 0 aromatic heterocycles. The second kappa shape index (κ2) is 7.79. The largest absolute Gasteiger partial charge is 0.461 e. The van der Waals surface area contributed by atoms with E-state index in [0.717, 1.165) is 0 Å². The van der Waals surface area contributed by atoms with E-state index >= 15 is 0 Å². The zero-order chi connectivity index (χ0) is 19.2. The third kappa shape index (κ3) is 4.68. The van der Waals surface area contributed by atoms with Crippen LogP contribution in [0.15, 0.2) is 28.3 Å². The van der Waals surface area contributed by atoms with Crippen molar-refractivity contribution in [3.05, 3.63) is 38.4 Å². The van der Waals surface area contributed by atoms with Crippen molar-refractivity contribution in [3.8, 4) is 6.07 Å². The number of ether oxygens (including phenoxy) is 1. The molecule has 0 spiro atoms. The van der Waals surface area contributed by atoms with Crippen LogP contribution in [0.2, 0.25) is 0 Å². The predicted octanol–water partition coefficient (Wildman–Crippen LogP) is 0.651. The number of nitrogens with zero attached hydrogens (tertiary/aromatic N) is 4. The summed E-state index contributed by atoms with van der Waals surface area (Å²) in [4.78, 5) is 29.7. The topological polar surface area (TPSA) is 192 Å². The second-order valence-corrected chi connectivity index (χ2v) is 5.46. The summed E-state index contributed by atoms with van der Waals surface area (Å²) in [5.74, 6) is -1.27. The third-order valence-electron chi connectivity index (χ3n) is 2.42. The van der Waals surface area contributed by atoms with Gasteiger partial charge in [0, 0.05) is 6.07 Å². The molecule has 0 N–H and O–H groups in total. The first-order chi connectivity index (χ1) is 11.6. The molecule has 1 aromatic carbocycles. The Morgan fingerprint density at radius 3 is 2.44 bits per heavy atom. The lowest BCUT2D eigenvalue weighted by Crippen LogP contribution is -2.17. The van der Waals surface area contributed by atoms with E-state index in [9.17, 15) is 33.4 Å². The van der Waals surface area contributed by atoms with Crippen molar-refractivity contribution in [2.24, 2.45) is 5.16 Å². The molecule has 1 aromatic rings. The van der Waals surface area contributed by atoms with Crippen LogP contribution in [0.25, 0.3) is 0 Å². The minimum absolute atomic E-state index is 0.125. The van der Waals surface area contributed by atoms with Crippen molar-refractivity contribution in [1.82, 2.24) is 0 Å². The van der Waals surface area contributed by atoms with E-state index in [4.69, 9.17) is 5.26 Å².